The molecule has 1 heterocycles. The van der Waals surface area contributed by atoms with E-state index >= 15 is 0 Å². The average Bonchev–Trinajstić information content (AvgIpc) is 2.77. The van der Waals surface area contributed by atoms with Crippen molar-refractivity contribution in [3.63, 3.8) is 0 Å². The molecule has 0 unspecified atom stereocenters. The number of hydrogen-bond donors (Lipinski definition) is 0. The summed E-state index contributed by atoms with van der Waals surface area (Å²) < 4.78 is 12.4. The summed E-state index contributed by atoms with van der Waals surface area (Å²) in [5.41, 5.74) is 1.64. The van der Waals surface area contributed by atoms with E-state index in [1.165, 1.54) is 6.21 Å². The van der Waals surface area contributed by atoms with Crippen molar-refractivity contribution in [3.8, 4) is 11.5 Å². The van der Waals surface area contributed by atoms with Gasteiger partial charge in [-0.05, 0) is 71.2 Å². The van der Waals surface area contributed by atoms with Crippen molar-refractivity contribution in [1.29, 1.82) is 0 Å². The Labute approximate surface area is 194 Å². The minimum atomic E-state index is -0.437. The summed E-state index contributed by atoms with van der Waals surface area (Å²) >= 11 is 2.18. The van der Waals surface area contributed by atoms with Gasteiger partial charge in [0.25, 0.3) is 11.8 Å². The number of amides is 2. The molecule has 4 rings (SSSR count). The van der Waals surface area contributed by atoms with Crippen molar-refractivity contribution in [2.45, 2.75) is 20.3 Å². The third-order valence-electron chi connectivity index (χ3n) is 4.85. The number of ether oxygens (including phenoxy) is 2. The molecule has 1 aliphatic rings. The maximum absolute atomic E-state index is 13.0. The van der Waals surface area contributed by atoms with Crippen molar-refractivity contribution < 1.29 is 19.1 Å². The lowest BCUT2D eigenvalue weighted by Crippen LogP contribution is -2.36. The third-order valence-corrected chi connectivity index (χ3v) is 5.66. The zero-order valence-electron chi connectivity index (χ0n) is 17.2. The van der Waals surface area contributed by atoms with Crippen LogP contribution in [0, 0.1) is 3.57 Å². The molecule has 158 valence electrons. The van der Waals surface area contributed by atoms with Gasteiger partial charge in [0, 0.05) is 5.39 Å². The van der Waals surface area contributed by atoms with E-state index in [0.717, 1.165) is 20.4 Å². The van der Waals surface area contributed by atoms with Crippen LogP contribution >= 0.6 is 22.6 Å². The van der Waals surface area contributed by atoms with Gasteiger partial charge in [-0.25, -0.2) is 0 Å². The summed E-state index contributed by atoms with van der Waals surface area (Å²) in [7, 11) is 0. The third kappa shape index (κ3) is 4.01. The topological polar surface area (TPSA) is 68.2 Å². The van der Waals surface area contributed by atoms with E-state index in [-0.39, 0.29) is 0 Å². The lowest BCUT2D eigenvalue weighted by molar-refractivity contribution is 0.0616. The predicted octanol–water partition coefficient (Wildman–Crippen LogP) is 5.26. The number of halogens is 1. The molecule has 0 atom stereocenters. The van der Waals surface area contributed by atoms with Gasteiger partial charge in [0.15, 0.2) is 11.5 Å². The summed E-state index contributed by atoms with van der Waals surface area (Å²) in [6, 6.07) is 14.5. The second-order valence-electron chi connectivity index (χ2n) is 6.99. The van der Waals surface area contributed by atoms with Crippen LogP contribution in [-0.4, -0.2) is 36.3 Å². The van der Waals surface area contributed by atoms with E-state index in [0.29, 0.717) is 46.8 Å². The molecular weight excluding hydrogens is 507 g/mol. The molecule has 6 nitrogen and oxygen atoms in total. The van der Waals surface area contributed by atoms with Gasteiger partial charge in [0.2, 0.25) is 0 Å². The molecule has 0 fully saturated rings. The largest absolute Gasteiger partial charge is 0.490 e. The zero-order valence-corrected chi connectivity index (χ0v) is 19.4. The normalized spacial score (nSPS) is 13.3. The molecule has 0 bridgehead atoms. The Bertz CT molecular complexity index is 1150. The van der Waals surface area contributed by atoms with Gasteiger partial charge >= 0.3 is 0 Å². The Morgan fingerprint density at radius 3 is 2.29 bits per heavy atom. The van der Waals surface area contributed by atoms with Gasteiger partial charge in [-0.15, -0.1) is 0 Å². The maximum atomic E-state index is 13.0. The number of carbonyl (C=O) groups is 2. The number of carbonyl (C=O) groups excluding carboxylic acids is 2. The highest BCUT2D eigenvalue weighted by atomic mass is 127. The lowest BCUT2D eigenvalue weighted by atomic mass is 9.95. The van der Waals surface area contributed by atoms with Gasteiger partial charge in [-0.1, -0.05) is 31.2 Å². The first-order valence-corrected chi connectivity index (χ1v) is 11.2. The fourth-order valence-corrected chi connectivity index (χ4v) is 4.30. The van der Waals surface area contributed by atoms with Crippen molar-refractivity contribution in [2.75, 3.05) is 13.2 Å². The summed E-state index contributed by atoms with van der Waals surface area (Å²) in [5, 5.41) is 6.71. The van der Waals surface area contributed by atoms with Gasteiger partial charge in [0.05, 0.1) is 34.1 Å². The molecule has 0 saturated carbocycles. The number of hydrazone groups is 1. The van der Waals surface area contributed by atoms with Crippen LogP contribution in [0.2, 0.25) is 0 Å². The molecule has 0 N–H and O–H groups in total. The van der Waals surface area contributed by atoms with Crippen molar-refractivity contribution in [2.24, 2.45) is 5.10 Å². The fourth-order valence-electron chi connectivity index (χ4n) is 3.52. The molecule has 2 amide bonds. The molecule has 3 aromatic carbocycles. The van der Waals surface area contributed by atoms with Crippen molar-refractivity contribution >= 4 is 51.4 Å². The van der Waals surface area contributed by atoms with Crippen LogP contribution < -0.4 is 9.47 Å². The Hall–Kier alpha value is -2.94. The first-order valence-electron chi connectivity index (χ1n) is 10.1. The molecular formula is C24H21IN2O4. The van der Waals surface area contributed by atoms with Gasteiger partial charge < -0.3 is 9.47 Å². The highest BCUT2D eigenvalue weighted by Gasteiger charge is 2.32. The van der Waals surface area contributed by atoms with E-state index in [9.17, 15) is 9.59 Å². The van der Waals surface area contributed by atoms with Crippen LogP contribution in [-0.2, 0) is 0 Å². The highest BCUT2D eigenvalue weighted by Crippen LogP contribution is 2.34. The Balaban J connectivity index is 1.69. The first kappa shape index (κ1) is 21.3. The fraction of sp³-hybridized carbons (Fsp3) is 0.208. The molecule has 31 heavy (non-hydrogen) atoms. The Kier molecular flexibility index (Phi) is 6.22. The lowest BCUT2D eigenvalue weighted by Gasteiger charge is -2.23. The summed E-state index contributed by atoms with van der Waals surface area (Å²) in [6.45, 7) is 5.02. The predicted molar refractivity (Wildman–Crippen MR) is 128 cm³/mol. The molecule has 0 aliphatic carbocycles. The number of imide groups is 1. The highest BCUT2D eigenvalue weighted by molar-refractivity contribution is 14.1. The second kappa shape index (κ2) is 9.05. The summed E-state index contributed by atoms with van der Waals surface area (Å²) in [4.78, 5) is 26.0. The number of rotatable bonds is 7. The molecule has 7 heteroatoms. The molecule has 1 aliphatic heterocycles. The molecule has 0 aromatic heterocycles. The Morgan fingerprint density at radius 2 is 1.68 bits per heavy atom. The number of hydrogen-bond acceptors (Lipinski definition) is 5. The second-order valence-corrected chi connectivity index (χ2v) is 8.15. The molecule has 0 radical (unpaired) electrons. The standard InChI is InChI=1S/C24H21IN2O4/c1-3-11-31-22-19(25)12-15(13-20(22)30-4-2)14-26-27-23(28)17-9-5-7-16-8-6-10-18(21(16)17)24(27)29/h5-10,12-14H,3-4,11H2,1-2H3. The number of benzene rings is 3. The van der Waals surface area contributed by atoms with Crippen molar-refractivity contribution in [1.82, 2.24) is 5.01 Å². The minimum absolute atomic E-state index is 0.437. The summed E-state index contributed by atoms with van der Waals surface area (Å²) in [5.74, 6) is 0.421. The molecule has 0 spiro atoms. The van der Waals surface area contributed by atoms with Gasteiger partial charge in [0.1, 0.15) is 0 Å². The minimum Gasteiger partial charge on any atom is -0.490 e. The smallest absolute Gasteiger partial charge is 0.282 e. The first-order chi connectivity index (χ1) is 15.0. The maximum Gasteiger partial charge on any atom is 0.282 e. The van der Waals surface area contributed by atoms with Crippen LogP contribution in [0.15, 0.2) is 53.6 Å². The van der Waals surface area contributed by atoms with Crippen LogP contribution in [0.1, 0.15) is 46.5 Å². The zero-order chi connectivity index (χ0) is 22.0. The Morgan fingerprint density at radius 1 is 1.00 bits per heavy atom. The van der Waals surface area contributed by atoms with E-state index in [1.54, 1.807) is 18.2 Å². The van der Waals surface area contributed by atoms with E-state index in [2.05, 4.69) is 27.7 Å². The van der Waals surface area contributed by atoms with Crippen LogP contribution in [0.5, 0.6) is 11.5 Å². The van der Waals surface area contributed by atoms with E-state index < -0.39 is 11.8 Å². The molecule has 3 aromatic rings. The monoisotopic (exact) mass is 528 g/mol. The van der Waals surface area contributed by atoms with E-state index in [1.807, 2.05) is 44.2 Å². The van der Waals surface area contributed by atoms with Crippen molar-refractivity contribution in [3.05, 3.63) is 68.8 Å². The number of nitrogens with zero attached hydrogens (tertiary/aromatic N) is 2. The van der Waals surface area contributed by atoms with Crippen LogP contribution in [0.25, 0.3) is 10.8 Å². The van der Waals surface area contributed by atoms with E-state index in [4.69, 9.17) is 9.47 Å². The SMILES string of the molecule is CCCOc1c(I)cc(C=NN2C(=O)c3cccc4cccc(c34)C2=O)cc1OCC. The van der Waals surface area contributed by atoms with Crippen LogP contribution in [0.3, 0.4) is 0 Å². The average molecular weight is 528 g/mol. The van der Waals surface area contributed by atoms with Crippen LogP contribution in [0.4, 0.5) is 0 Å². The van der Waals surface area contributed by atoms with Gasteiger partial charge in [-0.2, -0.15) is 10.1 Å². The molecule has 0 saturated heterocycles. The summed E-state index contributed by atoms with van der Waals surface area (Å²) in [6.07, 6.45) is 2.39. The van der Waals surface area contributed by atoms with Gasteiger partial charge in [-0.3, -0.25) is 9.59 Å². The quantitative estimate of drug-likeness (QED) is 0.238.